The second-order valence-electron chi connectivity index (χ2n) is 4.64. The maximum absolute atomic E-state index is 11.4. The number of rotatable bonds is 1. The van der Waals surface area contributed by atoms with E-state index in [2.05, 4.69) is 18.3 Å². The monoisotopic (exact) mass is 225 g/mol. The van der Waals surface area contributed by atoms with Crippen molar-refractivity contribution >= 4 is 17.7 Å². The molecule has 0 bridgehead atoms. The second kappa shape index (κ2) is 4.60. The fraction of sp³-hybridized carbons (Fsp3) is 0.750. The number of thioether (sulfide) groups is 1. The van der Waals surface area contributed by atoms with Crippen molar-refractivity contribution in [3.63, 3.8) is 0 Å². The Morgan fingerprint density at radius 2 is 1.80 bits per heavy atom. The van der Waals surface area contributed by atoms with Crippen LogP contribution in [0.1, 0.15) is 25.7 Å². The molecule has 1 amide bonds. The van der Waals surface area contributed by atoms with Crippen LogP contribution >= 0.6 is 11.8 Å². The van der Waals surface area contributed by atoms with E-state index in [1.165, 1.54) is 43.3 Å². The molecular weight excluding hydrogens is 206 g/mol. The van der Waals surface area contributed by atoms with Crippen LogP contribution in [0.3, 0.4) is 0 Å². The van der Waals surface area contributed by atoms with Crippen LogP contribution in [0, 0.1) is 5.41 Å². The molecule has 1 spiro atoms. The number of likely N-dealkylation sites (tertiary alicyclic amines) is 1. The number of carbonyl (C=O) groups is 1. The number of carbonyl (C=O) groups excluding carboxylic acids is 1. The third kappa shape index (κ3) is 2.39. The fourth-order valence-corrected chi connectivity index (χ4v) is 3.99. The van der Waals surface area contributed by atoms with Gasteiger partial charge in [0.25, 0.3) is 0 Å². The summed E-state index contributed by atoms with van der Waals surface area (Å²) in [5, 5.41) is 0. The van der Waals surface area contributed by atoms with Gasteiger partial charge in [-0.2, -0.15) is 11.8 Å². The summed E-state index contributed by atoms with van der Waals surface area (Å²) in [7, 11) is 0. The average molecular weight is 225 g/mol. The molecule has 0 aromatic rings. The van der Waals surface area contributed by atoms with E-state index in [-0.39, 0.29) is 5.91 Å². The molecule has 3 heteroatoms. The van der Waals surface area contributed by atoms with Gasteiger partial charge in [-0.05, 0) is 48.7 Å². The molecule has 2 aliphatic heterocycles. The summed E-state index contributed by atoms with van der Waals surface area (Å²) in [5.41, 5.74) is 0.573. The molecule has 0 saturated carbocycles. The first-order valence-corrected chi connectivity index (χ1v) is 6.90. The topological polar surface area (TPSA) is 20.3 Å². The Morgan fingerprint density at radius 1 is 1.20 bits per heavy atom. The molecule has 0 N–H and O–H groups in total. The molecule has 0 unspecified atom stereocenters. The van der Waals surface area contributed by atoms with E-state index in [4.69, 9.17) is 0 Å². The molecule has 2 aliphatic rings. The lowest BCUT2D eigenvalue weighted by Gasteiger charge is -2.43. The zero-order valence-corrected chi connectivity index (χ0v) is 10.0. The van der Waals surface area contributed by atoms with E-state index in [0.717, 1.165) is 13.1 Å². The van der Waals surface area contributed by atoms with E-state index in [1.54, 1.807) is 0 Å². The predicted molar refractivity (Wildman–Crippen MR) is 65.0 cm³/mol. The lowest BCUT2D eigenvalue weighted by Crippen LogP contribution is -2.43. The Hall–Kier alpha value is -0.440. The first-order valence-electron chi connectivity index (χ1n) is 5.75. The smallest absolute Gasteiger partial charge is 0.245 e. The molecule has 2 rings (SSSR count). The summed E-state index contributed by atoms with van der Waals surface area (Å²) in [4.78, 5) is 13.4. The highest BCUT2D eigenvalue weighted by atomic mass is 32.2. The van der Waals surface area contributed by atoms with Crippen molar-refractivity contribution < 1.29 is 4.79 Å². The van der Waals surface area contributed by atoms with Gasteiger partial charge in [-0.3, -0.25) is 4.79 Å². The quantitative estimate of drug-likeness (QED) is 0.638. The van der Waals surface area contributed by atoms with E-state index in [0.29, 0.717) is 5.41 Å². The fourth-order valence-electron chi connectivity index (χ4n) is 2.63. The molecule has 15 heavy (non-hydrogen) atoms. The second-order valence-corrected chi connectivity index (χ2v) is 5.87. The maximum Gasteiger partial charge on any atom is 0.245 e. The highest BCUT2D eigenvalue weighted by Gasteiger charge is 2.36. The minimum Gasteiger partial charge on any atom is -0.339 e. The van der Waals surface area contributed by atoms with Gasteiger partial charge in [-0.15, -0.1) is 0 Å². The van der Waals surface area contributed by atoms with Crippen LogP contribution < -0.4 is 0 Å². The lowest BCUT2D eigenvalue weighted by atomic mass is 9.74. The molecule has 0 radical (unpaired) electrons. The van der Waals surface area contributed by atoms with Gasteiger partial charge in [0.05, 0.1) is 0 Å². The Kier molecular flexibility index (Phi) is 3.39. The first-order chi connectivity index (χ1) is 7.26. The van der Waals surface area contributed by atoms with Crippen molar-refractivity contribution in [3.8, 4) is 0 Å². The summed E-state index contributed by atoms with van der Waals surface area (Å²) in [6.45, 7) is 5.43. The predicted octanol–water partition coefficient (Wildman–Crippen LogP) is 2.31. The van der Waals surface area contributed by atoms with E-state index in [1.807, 2.05) is 4.90 Å². The van der Waals surface area contributed by atoms with Crippen LogP contribution in [-0.2, 0) is 4.79 Å². The van der Waals surface area contributed by atoms with Crippen molar-refractivity contribution in [2.24, 2.45) is 5.41 Å². The molecule has 0 atom stereocenters. The lowest BCUT2D eigenvalue weighted by molar-refractivity contribution is -0.128. The van der Waals surface area contributed by atoms with Gasteiger partial charge >= 0.3 is 0 Å². The van der Waals surface area contributed by atoms with Crippen molar-refractivity contribution in [1.29, 1.82) is 0 Å². The van der Waals surface area contributed by atoms with Crippen LogP contribution in [0.15, 0.2) is 12.7 Å². The third-order valence-electron chi connectivity index (χ3n) is 3.86. The number of hydrogen-bond donors (Lipinski definition) is 0. The van der Waals surface area contributed by atoms with E-state index in [9.17, 15) is 4.79 Å². The number of amides is 1. The van der Waals surface area contributed by atoms with Gasteiger partial charge in [-0.1, -0.05) is 6.58 Å². The van der Waals surface area contributed by atoms with Gasteiger partial charge in [0, 0.05) is 13.1 Å². The molecule has 2 nitrogen and oxygen atoms in total. The normalized spacial score (nSPS) is 25.2. The summed E-state index contributed by atoms with van der Waals surface area (Å²) < 4.78 is 0. The Morgan fingerprint density at radius 3 is 2.33 bits per heavy atom. The molecule has 0 aromatic carbocycles. The zero-order valence-electron chi connectivity index (χ0n) is 9.21. The molecule has 0 aliphatic carbocycles. The third-order valence-corrected chi connectivity index (χ3v) is 4.85. The van der Waals surface area contributed by atoms with Crippen LogP contribution in [0.5, 0.6) is 0 Å². The van der Waals surface area contributed by atoms with E-state index >= 15 is 0 Å². The molecule has 84 valence electrons. The SMILES string of the molecule is C=CC(=O)N1CCC2(CCSCC2)CC1. The zero-order chi connectivity index (χ0) is 10.7. The van der Waals surface area contributed by atoms with Gasteiger partial charge in [0.15, 0.2) is 0 Å². The minimum absolute atomic E-state index is 0.107. The van der Waals surface area contributed by atoms with Gasteiger partial charge < -0.3 is 4.90 Å². The van der Waals surface area contributed by atoms with Crippen LogP contribution in [0.25, 0.3) is 0 Å². The Labute approximate surface area is 96.1 Å². The molecule has 2 fully saturated rings. The van der Waals surface area contributed by atoms with Gasteiger partial charge in [0.1, 0.15) is 0 Å². The largest absolute Gasteiger partial charge is 0.339 e. The summed E-state index contributed by atoms with van der Waals surface area (Å²) in [6, 6.07) is 0. The summed E-state index contributed by atoms with van der Waals surface area (Å²) in [5.74, 6) is 2.74. The van der Waals surface area contributed by atoms with Gasteiger partial charge in [0.2, 0.25) is 5.91 Å². The standard InChI is InChI=1S/C12H19NOS/c1-2-11(14)13-7-3-12(4-8-13)5-9-15-10-6-12/h2H,1,3-10H2. The van der Waals surface area contributed by atoms with E-state index < -0.39 is 0 Å². The average Bonchev–Trinajstić information content (AvgIpc) is 2.30. The Bertz CT molecular complexity index is 248. The Balaban J connectivity index is 1.90. The number of hydrogen-bond acceptors (Lipinski definition) is 2. The molecule has 2 saturated heterocycles. The van der Waals surface area contributed by atoms with Crippen molar-refractivity contribution in [2.45, 2.75) is 25.7 Å². The maximum atomic E-state index is 11.4. The van der Waals surface area contributed by atoms with Gasteiger partial charge in [-0.25, -0.2) is 0 Å². The van der Waals surface area contributed by atoms with Crippen molar-refractivity contribution in [2.75, 3.05) is 24.6 Å². The highest BCUT2D eigenvalue weighted by molar-refractivity contribution is 7.99. The van der Waals surface area contributed by atoms with Crippen LogP contribution in [-0.4, -0.2) is 35.4 Å². The van der Waals surface area contributed by atoms with Crippen LogP contribution in [0.4, 0.5) is 0 Å². The molecular formula is C12H19NOS. The summed E-state index contributed by atoms with van der Waals surface area (Å²) in [6.07, 6.45) is 6.55. The van der Waals surface area contributed by atoms with Crippen LogP contribution in [0.2, 0.25) is 0 Å². The van der Waals surface area contributed by atoms with Crippen molar-refractivity contribution in [3.05, 3.63) is 12.7 Å². The molecule has 2 heterocycles. The minimum atomic E-state index is 0.107. The highest BCUT2D eigenvalue weighted by Crippen LogP contribution is 2.43. The summed E-state index contributed by atoms with van der Waals surface area (Å²) >= 11 is 2.08. The number of piperidine rings is 1. The number of nitrogens with zero attached hydrogens (tertiary/aromatic N) is 1. The molecule has 0 aromatic heterocycles. The van der Waals surface area contributed by atoms with Crippen molar-refractivity contribution in [1.82, 2.24) is 4.90 Å². The first kappa shape index (κ1) is 11.1.